The van der Waals surface area contributed by atoms with Crippen molar-refractivity contribution in [2.75, 3.05) is 0 Å². The van der Waals surface area contributed by atoms with Crippen molar-refractivity contribution in [1.29, 1.82) is 0 Å². The second-order valence-corrected chi connectivity index (χ2v) is 2.92. The molecular weight excluding hydrogens is 144 g/mol. The van der Waals surface area contributed by atoms with Gasteiger partial charge in [-0.3, -0.25) is 0 Å². The quantitative estimate of drug-likeness (QED) is 0.542. The Labute approximate surface area is 74.2 Å². The van der Waals surface area contributed by atoms with Crippen molar-refractivity contribution in [2.24, 2.45) is 0 Å². The smallest absolute Gasteiger partial charge is 0.0398 e. The van der Waals surface area contributed by atoms with Gasteiger partial charge in [0.2, 0.25) is 0 Å². The lowest BCUT2D eigenvalue weighted by atomic mass is 10.2. The second kappa shape index (κ2) is 4.55. The molecule has 0 heterocycles. The van der Waals surface area contributed by atoms with Gasteiger partial charge in [-0.1, -0.05) is 59.7 Å². The molecule has 1 rings (SSSR count). The summed E-state index contributed by atoms with van der Waals surface area (Å²) < 4.78 is 0. The van der Waals surface area contributed by atoms with E-state index in [1.165, 1.54) is 11.1 Å². The maximum Gasteiger partial charge on any atom is -0.0398 e. The highest BCUT2D eigenvalue weighted by Crippen LogP contribution is 1.95. The van der Waals surface area contributed by atoms with Crippen molar-refractivity contribution >= 4 is 0 Å². The molecular formula is C12H14. The Balaban J connectivity index is 3.21. The maximum absolute atomic E-state index is 2.12. The van der Waals surface area contributed by atoms with E-state index in [0.29, 0.717) is 0 Å². The van der Waals surface area contributed by atoms with E-state index >= 15 is 0 Å². The first kappa shape index (κ1) is 8.79. The van der Waals surface area contributed by atoms with Gasteiger partial charge in [0.1, 0.15) is 0 Å². The highest BCUT2D eigenvalue weighted by Gasteiger charge is 1.75. The SMILES string of the molecule is Cc1ccccccc(C)cc1. The van der Waals surface area contributed by atoms with Crippen LogP contribution >= 0.6 is 0 Å². The third-order valence-corrected chi connectivity index (χ3v) is 1.66. The molecule has 0 unspecified atom stereocenters. The molecule has 0 spiro atoms. The molecule has 0 heteroatoms. The van der Waals surface area contributed by atoms with Gasteiger partial charge in [0.05, 0.1) is 0 Å². The first-order chi connectivity index (χ1) is 5.79. The van der Waals surface area contributed by atoms with Crippen molar-refractivity contribution in [3.05, 3.63) is 59.7 Å². The number of hydrogen-bond acceptors (Lipinski definition) is 0. The Hall–Kier alpha value is -1.30. The Morgan fingerprint density at radius 1 is 0.583 bits per heavy atom. The van der Waals surface area contributed by atoms with Gasteiger partial charge in [-0.05, 0) is 13.8 Å². The molecule has 12 heavy (non-hydrogen) atoms. The van der Waals surface area contributed by atoms with Crippen molar-refractivity contribution in [2.45, 2.75) is 13.8 Å². The molecule has 0 saturated heterocycles. The zero-order chi connectivity index (χ0) is 8.81. The van der Waals surface area contributed by atoms with Crippen LogP contribution in [0.25, 0.3) is 0 Å². The van der Waals surface area contributed by atoms with E-state index < -0.39 is 0 Å². The van der Waals surface area contributed by atoms with Crippen molar-refractivity contribution in [3.63, 3.8) is 0 Å². The zero-order valence-electron chi connectivity index (χ0n) is 7.62. The fourth-order valence-corrected chi connectivity index (χ4v) is 0.917. The van der Waals surface area contributed by atoms with E-state index in [1.807, 2.05) is 24.3 Å². The van der Waals surface area contributed by atoms with Crippen LogP contribution in [0.4, 0.5) is 0 Å². The molecule has 62 valence electrons. The van der Waals surface area contributed by atoms with Gasteiger partial charge in [0, 0.05) is 0 Å². The lowest BCUT2D eigenvalue weighted by Crippen LogP contribution is -1.65. The van der Waals surface area contributed by atoms with Crippen LogP contribution in [0, 0.1) is 13.8 Å². The molecule has 0 amide bonds. The highest BCUT2D eigenvalue weighted by atomic mass is 13.8. The molecule has 0 atom stereocenters. The Bertz CT molecular complexity index is 267. The average Bonchev–Trinajstić information content (AvgIpc) is 2.07. The number of rotatable bonds is 0. The minimum atomic E-state index is 1.27. The van der Waals surface area contributed by atoms with Crippen LogP contribution in [0.1, 0.15) is 11.1 Å². The molecule has 1 aromatic rings. The summed E-state index contributed by atoms with van der Waals surface area (Å²) >= 11 is 0. The maximum atomic E-state index is 2.12. The predicted octanol–water partition coefficient (Wildman–Crippen LogP) is 3.43. The molecule has 0 nitrogen and oxygen atoms in total. The van der Waals surface area contributed by atoms with Gasteiger partial charge in [-0.15, -0.1) is 0 Å². The molecule has 0 aliphatic heterocycles. The summed E-state index contributed by atoms with van der Waals surface area (Å²) in [5.41, 5.74) is 2.55. The number of hydrogen-bond donors (Lipinski definition) is 0. The molecule has 0 bridgehead atoms. The van der Waals surface area contributed by atoms with Gasteiger partial charge in [0.25, 0.3) is 0 Å². The van der Waals surface area contributed by atoms with Gasteiger partial charge < -0.3 is 0 Å². The van der Waals surface area contributed by atoms with Gasteiger partial charge >= 0.3 is 0 Å². The largest absolute Gasteiger partial charge is 0.0623 e. The highest BCUT2D eigenvalue weighted by molar-refractivity contribution is 5.14. The van der Waals surface area contributed by atoms with Crippen molar-refractivity contribution in [1.82, 2.24) is 0 Å². The van der Waals surface area contributed by atoms with Crippen molar-refractivity contribution in [3.8, 4) is 0 Å². The van der Waals surface area contributed by atoms with E-state index in [0.717, 1.165) is 0 Å². The fourth-order valence-electron chi connectivity index (χ4n) is 0.917. The third kappa shape index (κ3) is 3.20. The normalized spacial score (nSPS) is 8.83. The lowest BCUT2D eigenvalue weighted by Gasteiger charge is -1.85. The molecule has 0 saturated carbocycles. The monoisotopic (exact) mass is 158 g/mol. The Morgan fingerprint density at radius 3 is 1.42 bits per heavy atom. The molecule has 0 aromatic heterocycles. The molecule has 0 N–H and O–H groups in total. The second-order valence-electron chi connectivity index (χ2n) is 2.92. The summed E-state index contributed by atoms with van der Waals surface area (Å²) in [6.45, 7) is 4.19. The van der Waals surface area contributed by atoms with E-state index in [9.17, 15) is 0 Å². The van der Waals surface area contributed by atoms with Gasteiger partial charge in [0.15, 0.2) is 0 Å². The molecule has 0 aliphatic rings. The van der Waals surface area contributed by atoms with E-state index in [2.05, 4.69) is 38.1 Å². The van der Waals surface area contributed by atoms with Crippen LogP contribution in [0.5, 0.6) is 0 Å². The average molecular weight is 158 g/mol. The summed E-state index contributed by atoms with van der Waals surface area (Å²) in [7, 11) is 0. The van der Waals surface area contributed by atoms with Crippen LogP contribution in [0.3, 0.4) is 0 Å². The molecule has 0 radical (unpaired) electrons. The third-order valence-electron chi connectivity index (χ3n) is 1.66. The first-order valence-corrected chi connectivity index (χ1v) is 4.15. The topological polar surface area (TPSA) is 0 Å². The van der Waals surface area contributed by atoms with Crippen LogP contribution in [0.2, 0.25) is 0 Å². The van der Waals surface area contributed by atoms with Crippen LogP contribution < -0.4 is 0 Å². The van der Waals surface area contributed by atoms with Crippen molar-refractivity contribution < 1.29 is 0 Å². The summed E-state index contributed by atoms with van der Waals surface area (Å²) in [5.74, 6) is 0. The van der Waals surface area contributed by atoms with E-state index in [-0.39, 0.29) is 0 Å². The minimum Gasteiger partial charge on any atom is -0.0623 e. The fraction of sp³-hybridized carbons (Fsp3) is 0.167. The summed E-state index contributed by atoms with van der Waals surface area (Å²) in [6, 6.07) is 16.6. The predicted molar refractivity (Wildman–Crippen MR) is 53.5 cm³/mol. The first-order valence-electron chi connectivity index (χ1n) is 4.15. The number of aryl methyl sites for hydroxylation is 2. The summed E-state index contributed by atoms with van der Waals surface area (Å²) in [6.07, 6.45) is 0. The Morgan fingerprint density at radius 2 is 1.00 bits per heavy atom. The van der Waals surface area contributed by atoms with Crippen LogP contribution in [0.15, 0.2) is 48.5 Å². The van der Waals surface area contributed by atoms with E-state index in [4.69, 9.17) is 0 Å². The summed E-state index contributed by atoms with van der Waals surface area (Å²) in [4.78, 5) is 0. The molecule has 1 aromatic carbocycles. The minimum absolute atomic E-state index is 1.27. The zero-order valence-corrected chi connectivity index (χ0v) is 7.62. The Kier molecular flexibility index (Phi) is 3.34. The van der Waals surface area contributed by atoms with Gasteiger partial charge in [-0.2, -0.15) is 0 Å². The van der Waals surface area contributed by atoms with E-state index in [1.54, 1.807) is 0 Å². The standard InChI is InChI=1S/C12H14/c1-11-7-5-3-4-6-8-12(2)10-9-11/h3-10H,1-2H3. The molecule has 0 fully saturated rings. The molecule has 0 aliphatic carbocycles. The summed E-state index contributed by atoms with van der Waals surface area (Å²) in [5, 5.41) is 0. The van der Waals surface area contributed by atoms with Crippen LogP contribution in [-0.2, 0) is 0 Å². The van der Waals surface area contributed by atoms with Gasteiger partial charge in [-0.25, -0.2) is 0 Å². The van der Waals surface area contributed by atoms with Crippen LogP contribution in [-0.4, -0.2) is 0 Å². The lowest BCUT2D eigenvalue weighted by molar-refractivity contribution is 1.44.